The molecule has 1 amide bonds. The molecule has 1 aliphatic carbocycles. The molecule has 22 heavy (non-hydrogen) atoms. The number of carbonyl (C=O) groups excluding carboxylic acids is 1. The monoisotopic (exact) mass is 316 g/mol. The first kappa shape index (κ1) is 14.0. The van der Waals surface area contributed by atoms with Crippen LogP contribution in [0.1, 0.15) is 34.8 Å². The summed E-state index contributed by atoms with van der Waals surface area (Å²) < 4.78 is 0. The highest BCUT2D eigenvalue weighted by Gasteiger charge is 2.57. The number of aromatic amines is 1. The van der Waals surface area contributed by atoms with Gasteiger partial charge in [-0.25, -0.2) is 4.98 Å². The van der Waals surface area contributed by atoms with Crippen molar-refractivity contribution in [2.45, 2.75) is 31.8 Å². The lowest BCUT2D eigenvalue weighted by atomic mass is 9.93. The number of amides is 1. The Labute approximate surface area is 133 Å². The second-order valence-corrected chi connectivity index (χ2v) is 7.25. The van der Waals surface area contributed by atoms with Gasteiger partial charge < -0.3 is 15.2 Å². The summed E-state index contributed by atoms with van der Waals surface area (Å²) in [5.41, 5.74) is 1.01. The quantitative estimate of drug-likeness (QED) is 0.909. The van der Waals surface area contributed by atoms with Gasteiger partial charge in [-0.3, -0.25) is 4.79 Å². The fraction of sp³-hybridized carbons (Fsp3) is 0.500. The van der Waals surface area contributed by atoms with E-state index in [1.165, 1.54) is 12.8 Å². The van der Waals surface area contributed by atoms with E-state index in [2.05, 4.69) is 15.3 Å². The molecule has 2 aromatic heterocycles. The summed E-state index contributed by atoms with van der Waals surface area (Å²) in [5.74, 6) is 0.0978. The number of nitrogens with zero attached hydrogens (tertiary/aromatic N) is 2. The van der Waals surface area contributed by atoms with Crippen LogP contribution in [0.5, 0.6) is 0 Å². The zero-order valence-corrected chi connectivity index (χ0v) is 13.2. The summed E-state index contributed by atoms with van der Waals surface area (Å²) in [5, 5.41) is 6.40. The van der Waals surface area contributed by atoms with Crippen LogP contribution >= 0.6 is 11.3 Å². The minimum atomic E-state index is 0.0978. The fourth-order valence-electron chi connectivity index (χ4n) is 3.65. The summed E-state index contributed by atoms with van der Waals surface area (Å²) in [6.07, 6.45) is 7.09. The van der Waals surface area contributed by atoms with E-state index in [0.717, 1.165) is 24.5 Å². The van der Waals surface area contributed by atoms with Crippen LogP contribution in [0.2, 0.25) is 0 Å². The molecule has 0 radical (unpaired) electrons. The van der Waals surface area contributed by atoms with Gasteiger partial charge in [0.2, 0.25) is 0 Å². The number of rotatable bonds is 4. The average Bonchev–Trinajstić information content (AvgIpc) is 3.02. The Hall–Kier alpha value is -1.66. The van der Waals surface area contributed by atoms with Gasteiger partial charge in [0.1, 0.15) is 10.7 Å². The highest BCUT2D eigenvalue weighted by atomic mass is 32.1. The number of piperidine rings is 1. The SMILES string of the molecule is O=C(c1ccc[nH]1)N(Cc1nccs1)C1CC12CCNCC2. The molecule has 1 atom stereocenters. The molecule has 2 aromatic rings. The van der Waals surface area contributed by atoms with Gasteiger partial charge in [-0.1, -0.05) is 0 Å². The number of aromatic nitrogens is 2. The number of nitrogens with one attached hydrogen (secondary N) is 2. The van der Waals surface area contributed by atoms with Crippen LogP contribution in [0.4, 0.5) is 0 Å². The Morgan fingerprint density at radius 1 is 1.45 bits per heavy atom. The number of carbonyl (C=O) groups is 1. The van der Waals surface area contributed by atoms with Gasteiger partial charge >= 0.3 is 0 Å². The summed E-state index contributed by atoms with van der Waals surface area (Å²) in [6, 6.07) is 4.09. The van der Waals surface area contributed by atoms with Crippen molar-refractivity contribution in [3.8, 4) is 0 Å². The largest absolute Gasteiger partial charge is 0.357 e. The lowest BCUT2D eigenvalue weighted by Crippen LogP contribution is -2.39. The third-order valence-corrected chi connectivity index (χ3v) is 5.76. The molecule has 2 aliphatic rings. The maximum atomic E-state index is 12.9. The lowest BCUT2D eigenvalue weighted by Gasteiger charge is -2.29. The zero-order chi connectivity index (χ0) is 15.0. The predicted molar refractivity (Wildman–Crippen MR) is 85.7 cm³/mol. The fourth-order valence-corrected chi connectivity index (χ4v) is 4.26. The molecular formula is C16H20N4OS. The standard InChI is InChI=1S/C16H20N4OS/c21-15(12-2-1-5-18-12)20(11-14-19-8-9-22-14)13-10-16(13)3-6-17-7-4-16/h1-2,5,8-9,13,17-18H,3-4,6-7,10-11H2. The smallest absolute Gasteiger partial charge is 0.270 e. The predicted octanol–water partition coefficient (Wildman–Crippen LogP) is 2.26. The van der Waals surface area contributed by atoms with Gasteiger partial charge in [-0.15, -0.1) is 11.3 Å². The highest BCUT2D eigenvalue weighted by molar-refractivity contribution is 7.09. The van der Waals surface area contributed by atoms with Crippen molar-refractivity contribution in [3.05, 3.63) is 40.6 Å². The first-order valence-electron chi connectivity index (χ1n) is 7.82. The molecular weight excluding hydrogens is 296 g/mol. The van der Waals surface area contributed by atoms with E-state index < -0.39 is 0 Å². The molecule has 1 spiro atoms. The van der Waals surface area contributed by atoms with E-state index in [0.29, 0.717) is 23.7 Å². The van der Waals surface area contributed by atoms with Crippen LogP contribution in [0.3, 0.4) is 0 Å². The first-order valence-corrected chi connectivity index (χ1v) is 8.70. The summed E-state index contributed by atoms with van der Waals surface area (Å²) in [7, 11) is 0. The normalized spacial score (nSPS) is 22.6. The molecule has 1 unspecified atom stereocenters. The van der Waals surface area contributed by atoms with Gasteiger partial charge in [0, 0.05) is 23.8 Å². The van der Waals surface area contributed by atoms with Crippen LogP contribution in [0.15, 0.2) is 29.9 Å². The van der Waals surface area contributed by atoms with E-state index in [4.69, 9.17) is 0 Å². The molecule has 1 aliphatic heterocycles. The van der Waals surface area contributed by atoms with E-state index in [1.807, 2.05) is 34.8 Å². The van der Waals surface area contributed by atoms with Crippen molar-refractivity contribution in [3.63, 3.8) is 0 Å². The summed E-state index contributed by atoms with van der Waals surface area (Å²) in [4.78, 5) is 22.3. The van der Waals surface area contributed by atoms with Crippen molar-refractivity contribution in [1.29, 1.82) is 0 Å². The van der Waals surface area contributed by atoms with Gasteiger partial charge in [-0.2, -0.15) is 0 Å². The van der Waals surface area contributed by atoms with Crippen molar-refractivity contribution in [2.75, 3.05) is 13.1 Å². The molecule has 6 heteroatoms. The summed E-state index contributed by atoms with van der Waals surface area (Å²) in [6.45, 7) is 2.76. The van der Waals surface area contributed by atoms with E-state index in [9.17, 15) is 4.79 Å². The Bertz CT molecular complexity index is 631. The maximum absolute atomic E-state index is 12.9. The molecule has 2 fully saturated rings. The molecule has 2 N–H and O–H groups in total. The number of hydrogen-bond donors (Lipinski definition) is 2. The van der Waals surface area contributed by atoms with E-state index in [-0.39, 0.29) is 5.91 Å². The van der Waals surface area contributed by atoms with Crippen molar-refractivity contribution >= 4 is 17.2 Å². The minimum absolute atomic E-state index is 0.0978. The van der Waals surface area contributed by atoms with Gasteiger partial charge in [0.25, 0.3) is 5.91 Å². The first-order chi connectivity index (χ1) is 10.8. The van der Waals surface area contributed by atoms with Gasteiger partial charge in [0.05, 0.1) is 6.54 Å². The van der Waals surface area contributed by atoms with Gasteiger partial charge in [-0.05, 0) is 49.9 Å². The topological polar surface area (TPSA) is 61.0 Å². The van der Waals surface area contributed by atoms with Crippen LogP contribution in [0, 0.1) is 5.41 Å². The Morgan fingerprint density at radius 2 is 2.32 bits per heavy atom. The molecule has 4 rings (SSSR count). The van der Waals surface area contributed by atoms with E-state index >= 15 is 0 Å². The molecule has 0 bridgehead atoms. The third kappa shape index (κ3) is 2.46. The van der Waals surface area contributed by atoms with Crippen molar-refractivity contribution < 1.29 is 4.79 Å². The molecule has 3 heterocycles. The maximum Gasteiger partial charge on any atom is 0.270 e. The van der Waals surface area contributed by atoms with E-state index in [1.54, 1.807) is 11.3 Å². The second kappa shape index (κ2) is 5.52. The van der Waals surface area contributed by atoms with Crippen LogP contribution < -0.4 is 5.32 Å². The van der Waals surface area contributed by atoms with Crippen LogP contribution in [-0.2, 0) is 6.54 Å². The molecule has 1 saturated heterocycles. The molecule has 116 valence electrons. The zero-order valence-electron chi connectivity index (χ0n) is 12.4. The lowest BCUT2D eigenvalue weighted by molar-refractivity contribution is 0.0687. The Balaban J connectivity index is 1.57. The molecule has 1 saturated carbocycles. The van der Waals surface area contributed by atoms with Crippen molar-refractivity contribution in [1.82, 2.24) is 20.2 Å². The second-order valence-electron chi connectivity index (χ2n) is 6.27. The number of hydrogen-bond acceptors (Lipinski definition) is 4. The minimum Gasteiger partial charge on any atom is -0.357 e. The van der Waals surface area contributed by atoms with Crippen LogP contribution in [0.25, 0.3) is 0 Å². The molecule has 5 nitrogen and oxygen atoms in total. The number of thiazole rings is 1. The van der Waals surface area contributed by atoms with Gasteiger partial charge in [0.15, 0.2) is 0 Å². The Morgan fingerprint density at radius 3 is 3.00 bits per heavy atom. The van der Waals surface area contributed by atoms with Crippen molar-refractivity contribution in [2.24, 2.45) is 5.41 Å². The number of H-pyrrole nitrogens is 1. The Kier molecular flexibility index (Phi) is 3.50. The molecule has 0 aromatic carbocycles. The third-order valence-electron chi connectivity index (χ3n) is 5.00. The van der Waals surface area contributed by atoms with Crippen LogP contribution in [-0.4, -0.2) is 39.9 Å². The summed E-state index contributed by atoms with van der Waals surface area (Å²) >= 11 is 1.62. The highest BCUT2D eigenvalue weighted by Crippen LogP contribution is 2.56. The average molecular weight is 316 g/mol.